The summed E-state index contributed by atoms with van der Waals surface area (Å²) < 4.78 is 4.98. The fraction of sp³-hybridized carbons (Fsp3) is 0.364. The second-order valence-corrected chi connectivity index (χ2v) is 3.79. The van der Waals surface area contributed by atoms with E-state index in [1.807, 2.05) is 6.92 Å². The lowest BCUT2D eigenvalue weighted by molar-refractivity contribution is -0.383. The van der Waals surface area contributed by atoms with Crippen molar-refractivity contribution in [3.8, 4) is 0 Å². The molecule has 7 heteroatoms. The van der Waals surface area contributed by atoms with Gasteiger partial charge in [-0.25, -0.2) is 0 Å². The van der Waals surface area contributed by atoms with Crippen molar-refractivity contribution in [2.45, 2.75) is 13.0 Å². The smallest absolute Gasteiger partial charge is 0.292 e. The first kappa shape index (κ1) is 13.9. The van der Waals surface area contributed by atoms with Crippen molar-refractivity contribution in [2.75, 3.05) is 19.4 Å². The van der Waals surface area contributed by atoms with E-state index in [-0.39, 0.29) is 28.9 Å². The summed E-state index contributed by atoms with van der Waals surface area (Å²) in [5.41, 5.74) is 5.53. The quantitative estimate of drug-likeness (QED) is 0.461. The highest BCUT2D eigenvalue weighted by Crippen LogP contribution is 2.21. The van der Waals surface area contributed by atoms with Crippen LogP contribution in [0, 0.1) is 10.1 Å². The van der Waals surface area contributed by atoms with Gasteiger partial charge in [-0.05, 0) is 19.1 Å². The van der Waals surface area contributed by atoms with Gasteiger partial charge >= 0.3 is 0 Å². The van der Waals surface area contributed by atoms with Crippen molar-refractivity contribution >= 4 is 17.3 Å². The molecule has 0 aliphatic carbocycles. The summed E-state index contributed by atoms with van der Waals surface area (Å²) in [7, 11) is 1.54. The van der Waals surface area contributed by atoms with Gasteiger partial charge in [0, 0.05) is 25.3 Å². The van der Waals surface area contributed by atoms with Crippen LogP contribution in [0.4, 0.5) is 11.4 Å². The van der Waals surface area contributed by atoms with E-state index in [2.05, 4.69) is 5.32 Å². The number of carbonyl (C=O) groups excluding carboxylic acids is 1. The average Bonchev–Trinajstić information content (AvgIpc) is 2.34. The molecule has 0 spiro atoms. The third-order valence-electron chi connectivity index (χ3n) is 2.44. The van der Waals surface area contributed by atoms with E-state index in [0.29, 0.717) is 6.54 Å². The van der Waals surface area contributed by atoms with Crippen molar-refractivity contribution in [2.24, 2.45) is 0 Å². The van der Waals surface area contributed by atoms with Gasteiger partial charge in [0.2, 0.25) is 0 Å². The summed E-state index contributed by atoms with van der Waals surface area (Å²) >= 11 is 0. The maximum absolute atomic E-state index is 11.7. The molecule has 0 saturated carbocycles. The Kier molecular flexibility index (Phi) is 4.61. The average molecular weight is 253 g/mol. The topological polar surface area (TPSA) is 107 Å². The molecule has 1 atom stereocenters. The predicted octanol–water partition coefficient (Wildman–Crippen LogP) is 0.942. The number of rotatable bonds is 5. The van der Waals surface area contributed by atoms with E-state index in [9.17, 15) is 14.9 Å². The van der Waals surface area contributed by atoms with E-state index in [1.54, 1.807) is 7.11 Å². The monoisotopic (exact) mass is 253 g/mol. The summed E-state index contributed by atoms with van der Waals surface area (Å²) in [5.74, 6) is -0.347. The van der Waals surface area contributed by atoms with Crippen LogP contribution >= 0.6 is 0 Å². The first-order valence-electron chi connectivity index (χ1n) is 5.30. The molecule has 0 bridgehead atoms. The minimum Gasteiger partial charge on any atom is -0.393 e. The van der Waals surface area contributed by atoms with Crippen LogP contribution in [-0.4, -0.2) is 30.6 Å². The number of carbonyl (C=O) groups is 1. The van der Waals surface area contributed by atoms with Crippen molar-refractivity contribution < 1.29 is 14.5 Å². The lowest BCUT2D eigenvalue weighted by Gasteiger charge is -2.10. The third-order valence-corrected chi connectivity index (χ3v) is 2.44. The number of methoxy groups -OCH3 is 1. The molecule has 0 heterocycles. The zero-order valence-electron chi connectivity index (χ0n) is 10.2. The Bertz CT molecular complexity index is 462. The van der Waals surface area contributed by atoms with Gasteiger partial charge in [0.05, 0.1) is 11.0 Å². The summed E-state index contributed by atoms with van der Waals surface area (Å²) in [6, 6.07) is 3.86. The standard InChI is InChI=1S/C11H15N3O4/c1-7(18-2)6-13-11(15)8-3-4-10(14(16)17)9(12)5-8/h3-5,7H,6,12H2,1-2H3,(H,13,15). The molecule has 3 N–H and O–H groups in total. The molecule has 1 aromatic rings. The molecule has 0 radical (unpaired) electrons. The SMILES string of the molecule is COC(C)CNC(=O)c1ccc([N+](=O)[O-])c(N)c1. The Balaban J connectivity index is 2.76. The number of nitro groups is 1. The van der Waals surface area contributed by atoms with Gasteiger partial charge in [0.15, 0.2) is 0 Å². The van der Waals surface area contributed by atoms with Gasteiger partial charge in [-0.2, -0.15) is 0 Å². The van der Waals surface area contributed by atoms with Crippen molar-refractivity contribution in [3.63, 3.8) is 0 Å². The van der Waals surface area contributed by atoms with Crippen molar-refractivity contribution in [1.82, 2.24) is 5.32 Å². The zero-order chi connectivity index (χ0) is 13.7. The molecule has 1 unspecified atom stereocenters. The maximum Gasteiger partial charge on any atom is 0.292 e. The van der Waals surface area contributed by atoms with Gasteiger partial charge in [0.1, 0.15) is 5.69 Å². The van der Waals surface area contributed by atoms with Crippen LogP contribution in [0.15, 0.2) is 18.2 Å². The zero-order valence-corrected chi connectivity index (χ0v) is 10.2. The Morgan fingerprint density at radius 3 is 2.78 bits per heavy atom. The summed E-state index contributed by atoms with van der Waals surface area (Å²) in [6.07, 6.45) is -0.107. The van der Waals surface area contributed by atoms with Crippen LogP contribution in [0.1, 0.15) is 17.3 Å². The van der Waals surface area contributed by atoms with Gasteiger partial charge in [-0.1, -0.05) is 0 Å². The first-order valence-corrected chi connectivity index (χ1v) is 5.30. The van der Waals surface area contributed by atoms with Crippen molar-refractivity contribution in [3.05, 3.63) is 33.9 Å². The Morgan fingerprint density at radius 2 is 2.28 bits per heavy atom. The van der Waals surface area contributed by atoms with Crippen LogP contribution in [0.2, 0.25) is 0 Å². The van der Waals surface area contributed by atoms with Gasteiger partial charge in [0.25, 0.3) is 11.6 Å². The lowest BCUT2D eigenvalue weighted by atomic mass is 10.1. The van der Waals surface area contributed by atoms with Crippen LogP contribution in [-0.2, 0) is 4.74 Å². The van der Waals surface area contributed by atoms with E-state index in [0.717, 1.165) is 0 Å². The maximum atomic E-state index is 11.7. The van der Waals surface area contributed by atoms with Gasteiger partial charge < -0.3 is 15.8 Å². The van der Waals surface area contributed by atoms with Crippen LogP contribution in [0.5, 0.6) is 0 Å². The summed E-state index contributed by atoms with van der Waals surface area (Å²) in [6.45, 7) is 2.16. The number of nitrogens with two attached hydrogens (primary N) is 1. The lowest BCUT2D eigenvalue weighted by Crippen LogP contribution is -2.31. The number of hydrogen-bond donors (Lipinski definition) is 2. The number of amides is 1. The summed E-state index contributed by atoms with van der Waals surface area (Å²) in [5, 5.41) is 13.2. The number of nitrogens with one attached hydrogen (secondary N) is 1. The minimum atomic E-state index is -0.593. The van der Waals surface area contributed by atoms with Crippen LogP contribution in [0.3, 0.4) is 0 Å². The second kappa shape index (κ2) is 5.97. The Hall–Kier alpha value is -2.15. The highest BCUT2D eigenvalue weighted by atomic mass is 16.6. The Labute approximate surface area is 104 Å². The highest BCUT2D eigenvalue weighted by molar-refractivity contribution is 5.95. The normalized spacial score (nSPS) is 11.9. The van der Waals surface area contributed by atoms with Crippen LogP contribution in [0.25, 0.3) is 0 Å². The molecule has 0 aliphatic rings. The predicted molar refractivity (Wildman–Crippen MR) is 66.3 cm³/mol. The molecular weight excluding hydrogens is 238 g/mol. The number of hydrogen-bond acceptors (Lipinski definition) is 5. The highest BCUT2D eigenvalue weighted by Gasteiger charge is 2.14. The van der Waals surface area contributed by atoms with Crippen molar-refractivity contribution in [1.29, 1.82) is 0 Å². The third kappa shape index (κ3) is 3.42. The summed E-state index contributed by atoms with van der Waals surface area (Å²) in [4.78, 5) is 21.7. The Morgan fingerprint density at radius 1 is 1.61 bits per heavy atom. The molecule has 1 aromatic carbocycles. The van der Waals surface area contributed by atoms with E-state index >= 15 is 0 Å². The molecule has 0 aliphatic heterocycles. The second-order valence-electron chi connectivity index (χ2n) is 3.79. The fourth-order valence-electron chi connectivity index (χ4n) is 1.28. The van der Waals surface area contributed by atoms with E-state index in [1.165, 1.54) is 18.2 Å². The largest absolute Gasteiger partial charge is 0.393 e. The number of nitrogens with zero attached hydrogens (tertiary/aromatic N) is 1. The number of nitro benzene ring substituents is 1. The van der Waals surface area contributed by atoms with E-state index in [4.69, 9.17) is 10.5 Å². The molecule has 98 valence electrons. The van der Waals surface area contributed by atoms with Crippen LogP contribution < -0.4 is 11.1 Å². The van der Waals surface area contributed by atoms with E-state index < -0.39 is 4.92 Å². The molecule has 0 saturated heterocycles. The minimum absolute atomic E-state index is 0.0348. The number of nitrogen functional groups attached to an aromatic ring is 1. The van der Waals surface area contributed by atoms with Gasteiger partial charge in [-0.3, -0.25) is 14.9 Å². The molecule has 0 fully saturated rings. The number of benzene rings is 1. The van der Waals surface area contributed by atoms with Gasteiger partial charge in [-0.15, -0.1) is 0 Å². The number of ether oxygens (including phenoxy) is 1. The molecule has 18 heavy (non-hydrogen) atoms. The molecule has 1 amide bonds. The molecule has 0 aromatic heterocycles. The number of anilines is 1. The molecule has 7 nitrogen and oxygen atoms in total. The molecule has 1 rings (SSSR count). The first-order chi connectivity index (χ1) is 8.45. The molecular formula is C11H15N3O4. The fourth-order valence-corrected chi connectivity index (χ4v) is 1.28.